The van der Waals surface area contributed by atoms with E-state index in [0.29, 0.717) is 11.8 Å². The zero-order valence-corrected chi connectivity index (χ0v) is 17.2. The first-order chi connectivity index (χ1) is 14.1. The third-order valence-corrected chi connectivity index (χ3v) is 4.58. The molecule has 30 heavy (non-hydrogen) atoms. The number of methoxy groups -OCH3 is 1. The molecule has 0 aliphatic rings. The van der Waals surface area contributed by atoms with Gasteiger partial charge in [-0.05, 0) is 30.7 Å². The van der Waals surface area contributed by atoms with Crippen molar-refractivity contribution in [3.05, 3.63) is 56.0 Å². The summed E-state index contributed by atoms with van der Waals surface area (Å²) in [6.45, 7) is -2.18. The van der Waals surface area contributed by atoms with Crippen LogP contribution in [-0.4, -0.2) is 37.1 Å². The van der Waals surface area contributed by atoms with Crippen LogP contribution in [0.1, 0.15) is 15.9 Å². The topological polar surface area (TPSA) is 117 Å². The molecule has 160 valence electrons. The molecular formula is C18H15BrF2N2O7. The van der Waals surface area contributed by atoms with Gasteiger partial charge in [0.2, 0.25) is 0 Å². The standard InChI is InChI=1S/C18H15BrF2N2O7/c1-9-5-10(3-4-12(9)19)22-16(24)8-29-17(25)11-6-14(28-2)15(30-18(20)21)7-13(11)23(26)27/h3-7,18H,8H2,1-2H3,(H,22,24). The number of rotatable bonds is 8. The molecule has 9 nitrogen and oxygen atoms in total. The van der Waals surface area contributed by atoms with Crippen molar-refractivity contribution in [2.75, 3.05) is 19.0 Å². The van der Waals surface area contributed by atoms with Crippen LogP contribution in [0.5, 0.6) is 11.5 Å². The molecule has 0 heterocycles. The molecule has 2 rings (SSSR count). The Balaban J connectivity index is 2.15. The van der Waals surface area contributed by atoms with Gasteiger partial charge in [-0.25, -0.2) is 4.79 Å². The van der Waals surface area contributed by atoms with E-state index in [0.717, 1.165) is 23.2 Å². The number of esters is 1. The van der Waals surface area contributed by atoms with Gasteiger partial charge in [0, 0.05) is 16.2 Å². The van der Waals surface area contributed by atoms with Gasteiger partial charge in [0.15, 0.2) is 18.1 Å². The molecule has 0 saturated heterocycles. The number of nitrogens with one attached hydrogen (secondary N) is 1. The minimum atomic E-state index is -3.26. The number of anilines is 1. The Morgan fingerprint density at radius 3 is 2.50 bits per heavy atom. The minimum absolute atomic E-state index is 0.345. The van der Waals surface area contributed by atoms with Crippen LogP contribution >= 0.6 is 15.9 Å². The van der Waals surface area contributed by atoms with E-state index in [2.05, 4.69) is 26.0 Å². The fourth-order valence-electron chi connectivity index (χ4n) is 2.34. The van der Waals surface area contributed by atoms with Crippen LogP contribution in [0.15, 0.2) is 34.8 Å². The molecule has 0 bridgehead atoms. The van der Waals surface area contributed by atoms with Crippen molar-refractivity contribution in [2.24, 2.45) is 0 Å². The molecule has 0 saturated carbocycles. The lowest BCUT2D eigenvalue weighted by atomic mass is 10.1. The molecule has 0 fully saturated rings. The maximum Gasteiger partial charge on any atom is 0.387 e. The molecule has 0 atom stereocenters. The second-order valence-electron chi connectivity index (χ2n) is 5.74. The fourth-order valence-corrected chi connectivity index (χ4v) is 2.59. The van der Waals surface area contributed by atoms with Gasteiger partial charge in [-0.15, -0.1) is 0 Å². The number of carbonyl (C=O) groups excluding carboxylic acids is 2. The summed E-state index contributed by atoms with van der Waals surface area (Å²) in [7, 11) is 1.10. The summed E-state index contributed by atoms with van der Waals surface area (Å²) in [5, 5.41) is 13.7. The maximum absolute atomic E-state index is 12.5. The van der Waals surface area contributed by atoms with E-state index in [9.17, 15) is 28.5 Å². The average molecular weight is 489 g/mol. The lowest BCUT2D eigenvalue weighted by molar-refractivity contribution is -0.385. The average Bonchev–Trinajstić information content (AvgIpc) is 2.68. The summed E-state index contributed by atoms with van der Waals surface area (Å²) < 4.78 is 39.6. The molecular weight excluding hydrogens is 474 g/mol. The first-order valence-electron chi connectivity index (χ1n) is 8.16. The minimum Gasteiger partial charge on any atom is -0.493 e. The van der Waals surface area contributed by atoms with E-state index in [-0.39, 0.29) is 5.75 Å². The normalized spacial score (nSPS) is 10.5. The second kappa shape index (κ2) is 9.96. The fraction of sp³-hybridized carbons (Fsp3) is 0.222. The number of aryl methyl sites for hydroxylation is 1. The predicted molar refractivity (Wildman–Crippen MR) is 104 cm³/mol. The molecule has 1 N–H and O–H groups in total. The molecule has 0 aliphatic carbocycles. The van der Waals surface area contributed by atoms with Crippen molar-refractivity contribution >= 4 is 39.2 Å². The lowest BCUT2D eigenvalue weighted by Gasteiger charge is -2.12. The summed E-state index contributed by atoms with van der Waals surface area (Å²) in [5.41, 5.74) is -0.123. The van der Waals surface area contributed by atoms with Crippen molar-refractivity contribution in [3.8, 4) is 11.5 Å². The Bertz CT molecular complexity index is 985. The van der Waals surface area contributed by atoms with E-state index in [1.54, 1.807) is 18.2 Å². The van der Waals surface area contributed by atoms with Crippen LogP contribution < -0.4 is 14.8 Å². The maximum atomic E-state index is 12.5. The third kappa shape index (κ3) is 5.86. The van der Waals surface area contributed by atoms with Crippen molar-refractivity contribution in [3.63, 3.8) is 0 Å². The van der Waals surface area contributed by atoms with E-state index in [1.165, 1.54) is 0 Å². The quantitative estimate of drug-likeness (QED) is 0.338. The van der Waals surface area contributed by atoms with E-state index >= 15 is 0 Å². The summed E-state index contributed by atoms with van der Waals surface area (Å²) in [6.07, 6.45) is 0. The van der Waals surface area contributed by atoms with Crippen molar-refractivity contribution in [2.45, 2.75) is 13.5 Å². The van der Waals surface area contributed by atoms with Gasteiger partial charge in [-0.1, -0.05) is 15.9 Å². The van der Waals surface area contributed by atoms with Crippen LogP contribution in [0.25, 0.3) is 0 Å². The molecule has 1 amide bonds. The van der Waals surface area contributed by atoms with E-state index < -0.39 is 47.0 Å². The number of benzene rings is 2. The van der Waals surface area contributed by atoms with Crippen LogP contribution in [0.3, 0.4) is 0 Å². The van der Waals surface area contributed by atoms with Crippen molar-refractivity contribution in [1.29, 1.82) is 0 Å². The van der Waals surface area contributed by atoms with Gasteiger partial charge in [-0.3, -0.25) is 14.9 Å². The van der Waals surface area contributed by atoms with Gasteiger partial charge in [0.25, 0.3) is 11.6 Å². The number of ether oxygens (including phenoxy) is 3. The predicted octanol–water partition coefficient (Wildman–Crippen LogP) is 4.07. The van der Waals surface area contributed by atoms with Gasteiger partial charge >= 0.3 is 12.6 Å². The Morgan fingerprint density at radius 1 is 1.23 bits per heavy atom. The van der Waals surface area contributed by atoms with E-state index in [1.807, 2.05) is 6.92 Å². The molecule has 0 spiro atoms. The Morgan fingerprint density at radius 2 is 1.93 bits per heavy atom. The molecule has 0 unspecified atom stereocenters. The first-order valence-corrected chi connectivity index (χ1v) is 8.96. The highest BCUT2D eigenvalue weighted by atomic mass is 79.9. The summed E-state index contributed by atoms with van der Waals surface area (Å²) in [4.78, 5) is 34.5. The Labute approximate surface area is 177 Å². The highest BCUT2D eigenvalue weighted by Crippen LogP contribution is 2.36. The summed E-state index contributed by atoms with van der Waals surface area (Å²) in [6, 6.07) is 6.46. The van der Waals surface area contributed by atoms with Crippen molar-refractivity contribution in [1.82, 2.24) is 0 Å². The number of alkyl halides is 2. The third-order valence-electron chi connectivity index (χ3n) is 3.69. The zero-order chi connectivity index (χ0) is 22.4. The summed E-state index contributed by atoms with van der Waals surface area (Å²) in [5.74, 6) is -2.87. The van der Waals surface area contributed by atoms with Crippen LogP contribution in [0.2, 0.25) is 0 Å². The smallest absolute Gasteiger partial charge is 0.387 e. The highest BCUT2D eigenvalue weighted by Gasteiger charge is 2.27. The number of nitro groups is 1. The largest absolute Gasteiger partial charge is 0.493 e. The SMILES string of the molecule is COc1cc(C(=O)OCC(=O)Nc2ccc(Br)c(C)c2)c([N+](=O)[O-])cc1OC(F)F. The van der Waals surface area contributed by atoms with E-state index in [4.69, 9.17) is 9.47 Å². The first kappa shape index (κ1) is 23.0. The number of nitrogens with zero attached hydrogens (tertiary/aromatic N) is 1. The number of carbonyl (C=O) groups is 2. The number of amides is 1. The van der Waals surface area contributed by atoms with Gasteiger partial charge < -0.3 is 19.5 Å². The Kier molecular flexibility index (Phi) is 7.64. The number of hydrogen-bond donors (Lipinski definition) is 1. The van der Waals surface area contributed by atoms with Crippen molar-refractivity contribution < 1.29 is 37.5 Å². The second-order valence-corrected chi connectivity index (χ2v) is 6.60. The lowest BCUT2D eigenvalue weighted by Crippen LogP contribution is -2.21. The zero-order valence-electron chi connectivity index (χ0n) is 15.6. The molecule has 0 aromatic heterocycles. The molecule has 12 heteroatoms. The Hall–Kier alpha value is -3.28. The monoisotopic (exact) mass is 488 g/mol. The van der Waals surface area contributed by atoms with Crippen LogP contribution in [0.4, 0.5) is 20.2 Å². The molecule has 0 radical (unpaired) electrons. The molecule has 0 aliphatic heterocycles. The van der Waals surface area contributed by atoms with Gasteiger partial charge in [-0.2, -0.15) is 8.78 Å². The van der Waals surface area contributed by atoms with Crippen LogP contribution in [0, 0.1) is 17.0 Å². The number of halogens is 3. The summed E-state index contributed by atoms with van der Waals surface area (Å²) >= 11 is 3.32. The number of nitro benzene ring substituents is 1. The van der Waals surface area contributed by atoms with Crippen LogP contribution in [-0.2, 0) is 9.53 Å². The number of hydrogen-bond acceptors (Lipinski definition) is 7. The molecule has 2 aromatic carbocycles. The van der Waals surface area contributed by atoms with Gasteiger partial charge in [0.1, 0.15) is 5.56 Å². The molecule has 2 aromatic rings. The highest BCUT2D eigenvalue weighted by molar-refractivity contribution is 9.10. The van der Waals surface area contributed by atoms with Gasteiger partial charge in [0.05, 0.1) is 18.1 Å².